The zero-order valence-corrected chi connectivity index (χ0v) is 25.4. The quantitative estimate of drug-likeness (QED) is 0.121. The Morgan fingerprint density at radius 1 is 0.686 bits per heavy atom. The average Bonchev–Trinajstić information content (AvgIpc) is 2.82. The summed E-state index contributed by atoms with van der Waals surface area (Å²) in [7, 11) is -1.93. The van der Waals surface area contributed by atoms with Crippen LogP contribution in [0.4, 0.5) is 0 Å². The van der Waals surface area contributed by atoms with Gasteiger partial charge in [0.1, 0.15) is 0 Å². The number of carbonyl (C=O) groups is 1. The van der Waals surface area contributed by atoms with Crippen LogP contribution in [-0.4, -0.2) is 42.4 Å². The van der Waals surface area contributed by atoms with Crippen molar-refractivity contribution in [1.29, 1.82) is 0 Å². The number of carbonyl (C=O) groups excluding carboxylic acids is 1. The average molecular weight is 506 g/mol. The number of rotatable bonds is 21. The van der Waals surface area contributed by atoms with Gasteiger partial charge < -0.3 is 0 Å². The molecule has 2 nitrogen and oxygen atoms in total. The normalized spacial score (nSPS) is 12.5. The molecular formula is C32H60NOP. The van der Waals surface area contributed by atoms with Crippen LogP contribution in [0.3, 0.4) is 0 Å². The monoisotopic (exact) mass is 505 g/mol. The van der Waals surface area contributed by atoms with Crippen LogP contribution in [0.1, 0.15) is 119 Å². The molecule has 3 heteroatoms. The van der Waals surface area contributed by atoms with Crippen LogP contribution in [0.2, 0.25) is 0 Å². The minimum atomic E-state index is -1.93. The molecule has 0 unspecified atom stereocenters. The van der Waals surface area contributed by atoms with E-state index in [2.05, 4.69) is 76.8 Å². The summed E-state index contributed by atoms with van der Waals surface area (Å²) in [6, 6.07) is 11.3. The zero-order chi connectivity index (χ0) is 25.9. The van der Waals surface area contributed by atoms with Gasteiger partial charge in [0, 0.05) is 0 Å². The van der Waals surface area contributed by atoms with E-state index in [1.807, 2.05) is 0 Å². The molecule has 1 amide bonds. The first-order chi connectivity index (χ1) is 16.8. The molecular weight excluding hydrogens is 445 g/mol. The predicted molar refractivity (Wildman–Crippen MR) is 162 cm³/mol. The molecule has 0 radical (unpaired) electrons. The SMILES string of the molecule is CCCCCCCC[PH](CCCCCCCC)(CC(=O)N(CC(C)C)CC(C)C)c1ccccc1. The maximum absolute atomic E-state index is 13.9. The third kappa shape index (κ3) is 13.9. The maximum atomic E-state index is 13.9. The molecule has 0 aliphatic rings. The summed E-state index contributed by atoms with van der Waals surface area (Å²) >= 11 is 0. The van der Waals surface area contributed by atoms with Gasteiger partial charge in [0.05, 0.1) is 0 Å². The van der Waals surface area contributed by atoms with Gasteiger partial charge in [0.2, 0.25) is 0 Å². The van der Waals surface area contributed by atoms with Gasteiger partial charge in [-0.3, -0.25) is 0 Å². The van der Waals surface area contributed by atoms with Crippen LogP contribution >= 0.6 is 7.26 Å². The number of hydrogen-bond donors (Lipinski definition) is 0. The van der Waals surface area contributed by atoms with Crippen LogP contribution in [0, 0.1) is 11.8 Å². The molecule has 0 saturated carbocycles. The van der Waals surface area contributed by atoms with Crippen LogP contribution in [0.25, 0.3) is 0 Å². The molecule has 0 spiro atoms. The number of amides is 1. The van der Waals surface area contributed by atoms with E-state index in [0.29, 0.717) is 17.7 Å². The first-order valence-corrected chi connectivity index (χ1v) is 17.8. The van der Waals surface area contributed by atoms with Crippen molar-refractivity contribution < 1.29 is 4.79 Å². The molecule has 0 heterocycles. The number of hydrogen-bond acceptors (Lipinski definition) is 1. The molecule has 0 fully saturated rings. The van der Waals surface area contributed by atoms with Crippen molar-refractivity contribution in [2.45, 2.75) is 119 Å². The molecule has 0 aromatic heterocycles. The van der Waals surface area contributed by atoms with E-state index in [0.717, 1.165) is 19.3 Å². The van der Waals surface area contributed by atoms with Crippen molar-refractivity contribution in [2.24, 2.45) is 11.8 Å². The van der Waals surface area contributed by atoms with Gasteiger partial charge in [-0.15, -0.1) is 0 Å². The molecule has 35 heavy (non-hydrogen) atoms. The first kappa shape index (κ1) is 32.1. The van der Waals surface area contributed by atoms with Gasteiger partial charge in [-0.1, -0.05) is 0 Å². The molecule has 0 aliphatic heterocycles. The summed E-state index contributed by atoms with van der Waals surface area (Å²) in [5.41, 5.74) is 0. The van der Waals surface area contributed by atoms with Crippen LogP contribution in [0.5, 0.6) is 0 Å². The van der Waals surface area contributed by atoms with E-state index in [-0.39, 0.29) is 0 Å². The van der Waals surface area contributed by atoms with Crippen LogP contribution < -0.4 is 5.30 Å². The van der Waals surface area contributed by atoms with Crippen molar-refractivity contribution >= 4 is 18.5 Å². The molecule has 0 N–H and O–H groups in total. The Morgan fingerprint density at radius 3 is 1.54 bits per heavy atom. The number of nitrogens with zero attached hydrogens (tertiary/aromatic N) is 1. The summed E-state index contributed by atoms with van der Waals surface area (Å²) in [6.45, 7) is 15.3. The Morgan fingerprint density at radius 2 is 1.11 bits per heavy atom. The van der Waals surface area contributed by atoms with Crippen molar-refractivity contribution in [3.05, 3.63) is 30.3 Å². The Balaban J connectivity index is 3.09. The summed E-state index contributed by atoms with van der Waals surface area (Å²) in [5.74, 6) is 1.46. The molecule has 1 aromatic carbocycles. The van der Waals surface area contributed by atoms with Gasteiger partial charge in [-0.25, -0.2) is 0 Å². The van der Waals surface area contributed by atoms with Crippen molar-refractivity contribution in [2.75, 3.05) is 31.6 Å². The third-order valence-electron chi connectivity index (χ3n) is 7.42. The van der Waals surface area contributed by atoms with Crippen molar-refractivity contribution in [3.63, 3.8) is 0 Å². The Kier molecular flexibility index (Phi) is 17.7. The molecule has 204 valence electrons. The second kappa shape index (κ2) is 19.3. The van der Waals surface area contributed by atoms with E-state index < -0.39 is 7.26 Å². The summed E-state index contributed by atoms with van der Waals surface area (Å²) in [5, 5.41) is 1.53. The number of unbranched alkanes of at least 4 members (excludes halogenated alkanes) is 10. The minimum absolute atomic E-state index is 0.430. The standard InChI is InChI=1S/C32H60NOP/c1-7-9-11-13-15-20-24-35(31-22-18-17-19-23-31,25-21-16-14-12-10-8-2)28-32(34)33(26-29(3)4)27-30(5)6/h17-19,22-23,29-30,35H,7-16,20-21,24-28H2,1-6H3. The fourth-order valence-electron chi connectivity index (χ4n) is 5.53. The molecule has 0 saturated heterocycles. The Hall–Kier alpha value is -0.880. The predicted octanol–water partition coefficient (Wildman–Crippen LogP) is 8.92. The molecule has 1 aromatic rings. The zero-order valence-electron chi connectivity index (χ0n) is 24.4. The van der Waals surface area contributed by atoms with Crippen LogP contribution in [-0.2, 0) is 4.79 Å². The summed E-state index contributed by atoms with van der Waals surface area (Å²) in [4.78, 5) is 16.1. The molecule has 0 atom stereocenters. The molecule has 1 rings (SSSR count). The summed E-state index contributed by atoms with van der Waals surface area (Å²) in [6.07, 6.45) is 19.4. The Labute approximate surface area is 220 Å². The topological polar surface area (TPSA) is 20.3 Å². The van der Waals surface area contributed by atoms with Gasteiger partial charge in [-0.05, 0) is 0 Å². The van der Waals surface area contributed by atoms with Crippen molar-refractivity contribution in [1.82, 2.24) is 4.90 Å². The first-order valence-electron chi connectivity index (χ1n) is 15.2. The second-order valence-electron chi connectivity index (χ2n) is 11.9. The Bertz CT molecular complexity index is 616. The van der Waals surface area contributed by atoms with E-state index in [1.54, 1.807) is 0 Å². The van der Waals surface area contributed by atoms with Gasteiger partial charge >= 0.3 is 221 Å². The third-order valence-corrected chi connectivity index (χ3v) is 12.6. The summed E-state index contributed by atoms with van der Waals surface area (Å²) < 4.78 is 0. The molecule has 0 bridgehead atoms. The van der Waals surface area contributed by atoms with Crippen LogP contribution in [0.15, 0.2) is 30.3 Å². The molecule has 0 aliphatic carbocycles. The van der Waals surface area contributed by atoms with Gasteiger partial charge in [0.15, 0.2) is 0 Å². The van der Waals surface area contributed by atoms with E-state index in [4.69, 9.17) is 0 Å². The fraction of sp³-hybridized carbons (Fsp3) is 0.781. The second-order valence-corrected chi connectivity index (χ2v) is 16.4. The van der Waals surface area contributed by atoms with Gasteiger partial charge in [-0.2, -0.15) is 0 Å². The van der Waals surface area contributed by atoms with E-state index in [1.165, 1.54) is 94.7 Å². The van der Waals surface area contributed by atoms with E-state index >= 15 is 0 Å². The fourth-order valence-corrected chi connectivity index (χ4v) is 10.5. The van der Waals surface area contributed by atoms with Gasteiger partial charge in [0.25, 0.3) is 0 Å². The number of benzene rings is 1. The van der Waals surface area contributed by atoms with E-state index in [9.17, 15) is 4.79 Å². The van der Waals surface area contributed by atoms with Crippen molar-refractivity contribution in [3.8, 4) is 0 Å².